The third kappa shape index (κ3) is 0.524. The van der Waals surface area contributed by atoms with Crippen LogP contribution in [0.3, 0.4) is 0 Å². The van der Waals surface area contributed by atoms with Gasteiger partial charge < -0.3 is 5.73 Å². The molecule has 2 N–H and O–H groups in total. The number of rotatable bonds is 0. The molecule has 2 aromatic rings. The molecule has 0 unspecified atom stereocenters. The molecule has 0 aliphatic heterocycles. The van der Waals surface area contributed by atoms with Gasteiger partial charge in [0.05, 0.1) is 0 Å². The zero-order valence-corrected chi connectivity index (χ0v) is 4.85. The number of hydrogen-bond acceptors (Lipinski definition) is 6. The largest absolute Gasteiger partial charge is 0.382 e. The van der Waals surface area contributed by atoms with E-state index >= 15 is 0 Å². The molecule has 0 atom stereocenters. The molecule has 2 rings (SSSR count). The molecule has 6 heteroatoms. The topological polar surface area (TPSA) is 90.7 Å². The van der Waals surface area contributed by atoms with E-state index in [0.717, 1.165) is 0 Å². The first-order chi connectivity index (χ1) is 4.88. The summed E-state index contributed by atoms with van der Waals surface area (Å²) >= 11 is 0. The lowest BCUT2D eigenvalue weighted by Crippen LogP contribution is -1.91. The number of nitrogens with zero attached hydrogens (tertiary/aromatic N) is 4. The Morgan fingerprint density at radius 1 is 1.30 bits per heavy atom. The zero-order valence-electron chi connectivity index (χ0n) is 4.85. The van der Waals surface area contributed by atoms with Crippen LogP contribution in [0.4, 0.5) is 5.82 Å². The van der Waals surface area contributed by atoms with Gasteiger partial charge in [-0.15, -0.1) is 0 Å². The third-order valence-electron chi connectivity index (χ3n) is 1.09. The van der Waals surface area contributed by atoms with Crippen molar-refractivity contribution in [2.45, 2.75) is 0 Å². The van der Waals surface area contributed by atoms with Crippen LogP contribution in [0.1, 0.15) is 0 Å². The summed E-state index contributed by atoms with van der Waals surface area (Å²) in [5.41, 5.74) is 6.17. The van der Waals surface area contributed by atoms with E-state index in [-0.39, 0.29) is 5.82 Å². The van der Waals surface area contributed by atoms with Crippen LogP contribution in [0.25, 0.3) is 11.2 Å². The summed E-state index contributed by atoms with van der Waals surface area (Å²) in [6.07, 6.45) is 1.31. The van der Waals surface area contributed by atoms with Crippen molar-refractivity contribution < 1.29 is 4.63 Å². The minimum Gasteiger partial charge on any atom is -0.382 e. The average molecular weight is 137 g/mol. The lowest BCUT2D eigenvalue weighted by Gasteiger charge is -1.85. The van der Waals surface area contributed by atoms with Crippen molar-refractivity contribution in [3.63, 3.8) is 0 Å². The van der Waals surface area contributed by atoms with E-state index in [2.05, 4.69) is 24.9 Å². The van der Waals surface area contributed by atoms with Gasteiger partial charge in [-0.3, -0.25) is 0 Å². The maximum atomic E-state index is 5.39. The molecule has 2 heterocycles. The lowest BCUT2D eigenvalue weighted by atomic mass is 10.5. The summed E-state index contributed by atoms with van der Waals surface area (Å²) in [5.74, 6) is 0.284. The predicted molar refractivity (Wildman–Crippen MR) is 31.8 cm³/mol. The molecule has 0 spiro atoms. The number of nitrogens with two attached hydrogens (primary N) is 1. The van der Waals surface area contributed by atoms with Crippen LogP contribution in [0, 0.1) is 0 Å². The first-order valence-corrected chi connectivity index (χ1v) is 2.56. The van der Waals surface area contributed by atoms with Crippen molar-refractivity contribution in [1.82, 2.24) is 20.3 Å². The smallest absolute Gasteiger partial charge is 0.229 e. The van der Waals surface area contributed by atoms with Gasteiger partial charge in [-0.05, 0) is 10.3 Å². The fourth-order valence-electron chi connectivity index (χ4n) is 0.637. The molecule has 0 bridgehead atoms. The van der Waals surface area contributed by atoms with Gasteiger partial charge in [-0.25, -0.2) is 14.6 Å². The molecule has 0 aliphatic carbocycles. The van der Waals surface area contributed by atoms with E-state index in [1.54, 1.807) is 0 Å². The van der Waals surface area contributed by atoms with E-state index in [1.165, 1.54) is 6.33 Å². The summed E-state index contributed by atoms with van der Waals surface area (Å²) < 4.78 is 4.36. The lowest BCUT2D eigenvalue weighted by molar-refractivity contribution is 0.315. The molecule has 6 nitrogen and oxygen atoms in total. The highest BCUT2D eigenvalue weighted by molar-refractivity contribution is 5.78. The molecule has 0 aliphatic rings. The Hall–Kier alpha value is -1.72. The van der Waals surface area contributed by atoms with Crippen LogP contribution < -0.4 is 5.73 Å². The number of nitrogen functional groups attached to an aromatic ring is 1. The number of anilines is 1. The van der Waals surface area contributed by atoms with Gasteiger partial charge in [0, 0.05) is 0 Å². The van der Waals surface area contributed by atoms with Crippen molar-refractivity contribution in [2.75, 3.05) is 5.73 Å². The van der Waals surface area contributed by atoms with Crippen molar-refractivity contribution in [2.24, 2.45) is 0 Å². The average Bonchev–Trinajstić information content (AvgIpc) is 2.36. The Bertz CT molecular complexity index is 355. The monoisotopic (exact) mass is 137 g/mol. The van der Waals surface area contributed by atoms with E-state index in [4.69, 9.17) is 5.73 Å². The number of hydrogen-bond donors (Lipinski definition) is 1. The first-order valence-electron chi connectivity index (χ1n) is 2.56. The van der Waals surface area contributed by atoms with Crippen LogP contribution >= 0.6 is 0 Å². The molecule has 50 valence electrons. The standard InChI is InChI=1S/C4H3N5O/c5-3-2-4(7-1-6-3)9-10-8-2/h1H,(H2,5,6,7,9). The number of aromatic nitrogens is 4. The molecular weight excluding hydrogens is 134 g/mol. The van der Waals surface area contributed by atoms with Crippen LogP contribution in [0.2, 0.25) is 0 Å². The molecule has 0 fully saturated rings. The summed E-state index contributed by atoms with van der Waals surface area (Å²) in [6, 6.07) is 0. The van der Waals surface area contributed by atoms with Gasteiger partial charge in [0.15, 0.2) is 11.3 Å². The fourth-order valence-corrected chi connectivity index (χ4v) is 0.637. The molecule has 0 saturated heterocycles. The minimum atomic E-state index is 0.284. The van der Waals surface area contributed by atoms with Gasteiger partial charge in [0.2, 0.25) is 5.65 Å². The SMILES string of the molecule is Nc1ncnc2nonc12. The zero-order chi connectivity index (χ0) is 6.97. The quantitative estimate of drug-likeness (QED) is 0.531. The van der Waals surface area contributed by atoms with Gasteiger partial charge >= 0.3 is 0 Å². The van der Waals surface area contributed by atoms with E-state index < -0.39 is 0 Å². The summed E-state index contributed by atoms with van der Waals surface area (Å²) in [7, 11) is 0. The maximum Gasteiger partial charge on any atom is 0.229 e. The van der Waals surface area contributed by atoms with Gasteiger partial charge in [-0.1, -0.05) is 0 Å². The summed E-state index contributed by atoms with van der Waals surface area (Å²) in [5, 5.41) is 6.94. The normalized spacial score (nSPS) is 10.4. The highest BCUT2D eigenvalue weighted by Gasteiger charge is 2.03. The Labute approximate surface area is 55.0 Å². The highest BCUT2D eigenvalue weighted by Crippen LogP contribution is 2.09. The Kier molecular flexibility index (Phi) is 0.830. The van der Waals surface area contributed by atoms with E-state index in [1.807, 2.05) is 0 Å². The van der Waals surface area contributed by atoms with E-state index in [0.29, 0.717) is 11.2 Å². The van der Waals surface area contributed by atoms with Crippen LogP contribution in [-0.2, 0) is 0 Å². The van der Waals surface area contributed by atoms with Gasteiger partial charge in [0.1, 0.15) is 6.33 Å². The summed E-state index contributed by atoms with van der Waals surface area (Å²) in [4.78, 5) is 7.43. The second-order valence-corrected chi connectivity index (χ2v) is 1.70. The van der Waals surface area contributed by atoms with Crippen molar-refractivity contribution >= 4 is 17.0 Å². The Morgan fingerprint density at radius 2 is 2.20 bits per heavy atom. The van der Waals surface area contributed by atoms with Gasteiger partial charge in [0.25, 0.3) is 0 Å². The highest BCUT2D eigenvalue weighted by atomic mass is 16.6. The Balaban J connectivity index is 2.95. The van der Waals surface area contributed by atoms with Crippen LogP contribution in [0.5, 0.6) is 0 Å². The molecule has 0 amide bonds. The molecular formula is C4H3N5O. The molecule has 0 saturated carbocycles. The second-order valence-electron chi connectivity index (χ2n) is 1.70. The summed E-state index contributed by atoms with van der Waals surface area (Å²) in [6.45, 7) is 0. The van der Waals surface area contributed by atoms with Crippen LogP contribution in [0.15, 0.2) is 11.0 Å². The molecule has 0 radical (unpaired) electrons. The number of fused-ring (bicyclic) bond motifs is 1. The van der Waals surface area contributed by atoms with Crippen molar-refractivity contribution in [3.05, 3.63) is 6.33 Å². The van der Waals surface area contributed by atoms with Gasteiger partial charge in [-0.2, -0.15) is 0 Å². The van der Waals surface area contributed by atoms with Crippen molar-refractivity contribution in [1.29, 1.82) is 0 Å². The van der Waals surface area contributed by atoms with Crippen LogP contribution in [-0.4, -0.2) is 20.3 Å². The molecule has 2 aromatic heterocycles. The second kappa shape index (κ2) is 1.63. The first kappa shape index (κ1) is 5.10. The third-order valence-corrected chi connectivity index (χ3v) is 1.09. The maximum absolute atomic E-state index is 5.39. The minimum absolute atomic E-state index is 0.284. The molecule has 10 heavy (non-hydrogen) atoms. The Morgan fingerprint density at radius 3 is 3.00 bits per heavy atom. The predicted octanol–water partition coefficient (Wildman–Crippen LogP) is -0.405. The van der Waals surface area contributed by atoms with Crippen molar-refractivity contribution in [3.8, 4) is 0 Å². The molecule has 0 aromatic carbocycles. The fraction of sp³-hybridized carbons (Fsp3) is 0. The van der Waals surface area contributed by atoms with E-state index in [9.17, 15) is 0 Å².